The Hall–Kier alpha value is -3.95. The van der Waals surface area contributed by atoms with Gasteiger partial charge in [-0.1, -0.05) is 44.2 Å². The second-order valence-corrected chi connectivity index (χ2v) is 11.5. The van der Waals surface area contributed by atoms with Gasteiger partial charge >= 0.3 is 0 Å². The third-order valence-electron chi connectivity index (χ3n) is 8.51. The number of likely N-dealkylation sites (tertiary alicyclic amines) is 1. The molecule has 2 aromatic carbocycles. The molecule has 2 unspecified atom stereocenters. The third-order valence-corrected chi connectivity index (χ3v) is 8.51. The molecule has 2 saturated heterocycles. The molecule has 2 aliphatic rings. The lowest BCUT2D eigenvalue weighted by Gasteiger charge is -2.50. The number of fused-ring (bicyclic) bond motifs is 1. The van der Waals surface area contributed by atoms with Crippen molar-refractivity contribution in [3.8, 4) is 11.3 Å². The average molecular weight is 543 g/mol. The van der Waals surface area contributed by atoms with Gasteiger partial charge in [-0.05, 0) is 36.1 Å². The van der Waals surface area contributed by atoms with Crippen molar-refractivity contribution in [3.63, 3.8) is 0 Å². The first kappa shape index (κ1) is 26.3. The fraction of sp³-hybridized carbons (Fsp3) is 0.355. The van der Waals surface area contributed by atoms with Gasteiger partial charge in [0, 0.05) is 54.2 Å². The Morgan fingerprint density at radius 3 is 2.65 bits per heavy atom. The fourth-order valence-electron chi connectivity index (χ4n) is 6.15. The zero-order valence-electron chi connectivity index (χ0n) is 22.5. The Morgan fingerprint density at radius 1 is 1.15 bits per heavy atom. The van der Waals surface area contributed by atoms with Crippen LogP contribution in [0.5, 0.6) is 0 Å². The number of hydrogen-bond donors (Lipinski definition) is 2. The largest absolute Gasteiger partial charge is 0.444 e. The molecule has 4 aromatic rings. The Morgan fingerprint density at radius 2 is 1.95 bits per heavy atom. The van der Waals surface area contributed by atoms with Crippen LogP contribution in [0.1, 0.15) is 55.7 Å². The van der Waals surface area contributed by atoms with Crippen LogP contribution in [0.4, 0.5) is 4.39 Å². The highest BCUT2D eigenvalue weighted by Crippen LogP contribution is 2.48. The van der Waals surface area contributed by atoms with Crippen LogP contribution in [0.25, 0.3) is 22.2 Å². The first-order valence-corrected chi connectivity index (χ1v) is 13.5. The molecule has 2 amide bonds. The zero-order chi connectivity index (χ0) is 28.1. The standard InChI is InChI=1S/C31H31FN4O4/c1-30(2)17-36(16-19-3-5-20(6-4-19)26-15-33-18-40-26)12-11-31(30,39)24-8-9-25-23(28(24)32)13-21(14-34-25)22-7-10-27(37)35-29(22)38/h3-6,8-9,13-15,18,22,39H,7,10-12,16-17H2,1-2H3,(H,35,37,38). The van der Waals surface area contributed by atoms with Crippen LogP contribution < -0.4 is 5.32 Å². The Bertz CT molecular complexity index is 1590. The van der Waals surface area contributed by atoms with E-state index in [9.17, 15) is 14.7 Å². The van der Waals surface area contributed by atoms with Gasteiger partial charge in [-0.15, -0.1) is 0 Å². The van der Waals surface area contributed by atoms with Gasteiger partial charge < -0.3 is 9.52 Å². The van der Waals surface area contributed by atoms with Crippen molar-refractivity contribution in [2.45, 2.75) is 51.2 Å². The molecule has 2 N–H and O–H groups in total. The minimum absolute atomic E-state index is 0.229. The van der Waals surface area contributed by atoms with Crippen molar-refractivity contribution in [2.24, 2.45) is 5.41 Å². The van der Waals surface area contributed by atoms with E-state index in [0.29, 0.717) is 49.3 Å². The molecule has 4 heterocycles. The topological polar surface area (TPSA) is 109 Å². The van der Waals surface area contributed by atoms with E-state index >= 15 is 4.39 Å². The monoisotopic (exact) mass is 542 g/mol. The summed E-state index contributed by atoms with van der Waals surface area (Å²) in [6.45, 7) is 5.80. The normalized spacial score (nSPS) is 23.4. The number of aliphatic hydroxyl groups is 1. The maximum Gasteiger partial charge on any atom is 0.234 e. The number of hydrogen-bond acceptors (Lipinski definition) is 7. The highest BCUT2D eigenvalue weighted by Gasteiger charge is 2.50. The van der Waals surface area contributed by atoms with Crippen molar-refractivity contribution >= 4 is 22.7 Å². The number of carbonyl (C=O) groups is 2. The number of halogens is 1. The molecule has 0 spiro atoms. The van der Waals surface area contributed by atoms with E-state index in [1.165, 1.54) is 6.39 Å². The maximum absolute atomic E-state index is 16.2. The summed E-state index contributed by atoms with van der Waals surface area (Å²) >= 11 is 0. The lowest BCUT2D eigenvalue weighted by atomic mass is 9.66. The summed E-state index contributed by atoms with van der Waals surface area (Å²) in [6.07, 6.45) is 5.60. The average Bonchev–Trinajstić information content (AvgIpc) is 3.47. The summed E-state index contributed by atoms with van der Waals surface area (Å²) in [4.78, 5) is 34.6. The minimum atomic E-state index is -1.40. The van der Waals surface area contributed by atoms with Gasteiger partial charge in [0.15, 0.2) is 12.2 Å². The van der Waals surface area contributed by atoms with Crippen molar-refractivity contribution < 1.29 is 23.5 Å². The van der Waals surface area contributed by atoms with Crippen molar-refractivity contribution in [2.75, 3.05) is 13.1 Å². The lowest BCUT2D eigenvalue weighted by molar-refractivity contribution is -0.134. The van der Waals surface area contributed by atoms with Gasteiger partial charge in [0.1, 0.15) is 5.82 Å². The molecule has 206 valence electrons. The molecule has 2 aromatic heterocycles. The summed E-state index contributed by atoms with van der Waals surface area (Å²) in [7, 11) is 0. The molecule has 0 saturated carbocycles. The number of nitrogens with zero attached hydrogens (tertiary/aromatic N) is 3. The first-order valence-electron chi connectivity index (χ1n) is 13.5. The van der Waals surface area contributed by atoms with E-state index in [2.05, 4.69) is 32.3 Å². The maximum atomic E-state index is 16.2. The van der Waals surface area contributed by atoms with Gasteiger partial charge in [0.2, 0.25) is 11.8 Å². The quantitative estimate of drug-likeness (QED) is 0.353. The number of benzene rings is 2. The zero-order valence-corrected chi connectivity index (χ0v) is 22.5. The SMILES string of the molecule is CC1(C)CN(Cc2ccc(-c3cnco3)cc2)CCC1(O)c1ccc2ncc(C3CCC(=O)NC3=O)cc2c1F. The molecule has 9 heteroatoms. The summed E-state index contributed by atoms with van der Waals surface area (Å²) in [5, 5.41) is 14.6. The number of piperidine rings is 2. The number of oxazole rings is 1. The number of rotatable bonds is 5. The smallest absolute Gasteiger partial charge is 0.234 e. The molecule has 2 aliphatic heterocycles. The van der Waals surface area contributed by atoms with Crippen LogP contribution in [0.3, 0.4) is 0 Å². The molecule has 8 nitrogen and oxygen atoms in total. The van der Waals surface area contributed by atoms with E-state index in [1.807, 2.05) is 26.0 Å². The lowest BCUT2D eigenvalue weighted by Crippen LogP contribution is -2.55. The van der Waals surface area contributed by atoms with Crippen LogP contribution >= 0.6 is 0 Å². The minimum Gasteiger partial charge on any atom is -0.444 e. The van der Waals surface area contributed by atoms with E-state index in [-0.39, 0.29) is 23.3 Å². The molecule has 40 heavy (non-hydrogen) atoms. The van der Waals surface area contributed by atoms with Crippen molar-refractivity contribution in [3.05, 3.63) is 83.8 Å². The number of imide groups is 1. The second kappa shape index (κ2) is 9.91. The molecule has 0 aliphatic carbocycles. The van der Waals surface area contributed by atoms with Gasteiger partial charge in [0.25, 0.3) is 0 Å². The third kappa shape index (κ3) is 4.59. The summed E-state index contributed by atoms with van der Waals surface area (Å²) < 4.78 is 21.5. The molecule has 2 fully saturated rings. The van der Waals surface area contributed by atoms with Crippen molar-refractivity contribution in [1.82, 2.24) is 20.2 Å². The highest BCUT2D eigenvalue weighted by atomic mass is 19.1. The molecule has 0 bridgehead atoms. The summed E-state index contributed by atoms with van der Waals surface area (Å²) in [5.41, 5.74) is 1.28. The summed E-state index contributed by atoms with van der Waals surface area (Å²) in [6, 6.07) is 13.1. The van der Waals surface area contributed by atoms with Gasteiger partial charge in [-0.3, -0.25) is 24.8 Å². The number of pyridine rings is 1. The van der Waals surface area contributed by atoms with Crippen molar-refractivity contribution in [1.29, 1.82) is 0 Å². The van der Waals surface area contributed by atoms with Crippen LogP contribution in [-0.4, -0.2) is 44.9 Å². The van der Waals surface area contributed by atoms with E-state index in [1.54, 1.807) is 30.6 Å². The van der Waals surface area contributed by atoms with Crippen LogP contribution in [-0.2, 0) is 21.7 Å². The number of aromatic nitrogens is 2. The molecular formula is C31H31FN4O4. The predicted octanol–water partition coefficient (Wildman–Crippen LogP) is 4.67. The van der Waals surface area contributed by atoms with Crippen LogP contribution in [0.2, 0.25) is 0 Å². The molecular weight excluding hydrogens is 511 g/mol. The van der Waals surface area contributed by atoms with Gasteiger partial charge in [-0.2, -0.15) is 0 Å². The fourth-order valence-corrected chi connectivity index (χ4v) is 6.15. The van der Waals surface area contributed by atoms with E-state index in [4.69, 9.17) is 4.42 Å². The molecule has 6 rings (SSSR count). The van der Waals surface area contributed by atoms with E-state index in [0.717, 1.165) is 11.1 Å². The number of carbonyl (C=O) groups excluding carboxylic acids is 2. The Labute approximate surface area is 231 Å². The number of nitrogens with one attached hydrogen (secondary N) is 1. The molecule has 2 atom stereocenters. The Kier molecular flexibility index (Phi) is 6.51. The predicted molar refractivity (Wildman–Crippen MR) is 146 cm³/mol. The van der Waals surface area contributed by atoms with Crippen LogP contribution in [0.15, 0.2) is 65.7 Å². The van der Waals surface area contributed by atoms with Gasteiger partial charge in [-0.25, -0.2) is 9.37 Å². The first-order chi connectivity index (χ1) is 19.1. The second-order valence-electron chi connectivity index (χ2n) is 11.5. The highest BCUT2D eigenvalue weighted by molar-refractivity contribution is 6.01. The number of amides is 2. The van der Waals surface area contributed by atoms with Crippen LogP contribution in [0, 0.1) is 11.2 Å². The molecule has 0 radical (unpaired) electrons. The van der Waals surface area contributed by atoms with Gasteiger partial charge in [0.05, 0.1) is 23.2 Å². The Balaban J connectivity index is 1.24. The van der Waals surface area contributed by atoms with E-state index < -0.39 is 28.7 Å². The summed E-state index contributed by atoms with van der Waals surface area (Å²) in [5.74, 6) is -1.07.